The molecule has 22 rings (SSSR count). The lowest BCUT2D eigenvalue weighted by atomic mass is 9.75. The summed E-state index contributed by atoms with van der Waals surface area (Å²) in [4.78, 5) is 121. The van der Waals surface area contributed by atoms with Crippen LogP contribution in [-0.4, -0.2) is 346 Å². The monoisotopic (exact) mass is 1870 g/mol. The van der Waals surface area contributed by atoms with Crippen molar-refractivity contribution >= 4 is 53.3 Å². The zero-order valence-electron chi connectivity index (χ0n) is 82.4. The van der Waals surface area contributed by atoms with Crippen LogP contribution in [0.4, 0.5) is 0 Å². The van der Waals surface area contributed by atoms with Crippen molar-refractivity contribution in [1.82, 2.24) is 66.2 Å². The molecule has 30 nitrogen and oxygen atoms in total. The lowest BCUT2D eigenvalue weighted by Gasteiger charge is -2.46. The normalized spacial score (nSPS) is 40.0. The fourth-order valence-electron chi connectivity index (χ4n) is 28.5. The van der Waals surface area contributed by atoms with E-state index in [1.165, 1.54) is 137 Å². The Balaban J connectivity index is 0.000000121. The molecule has 4 amide bonds. The van der Waals surface area contributed by atoms with Gasteiger partial charge in [0.15, 0.2) is 0 Å². The fraction of sp³-hybridized carbons (Fsp3) is 0.913. The minimum Gasteiger partial charge on any atom is -0.462 e. The maximum absolute atomic E-state index is 12.5. The van der Waals surface area contributed by atoms with Gasteiger partial charge in [-0.05, 0) is 238 Å². The predicted molar refractivity (Wildman–Crippen MR) is 507 cm³/mol. The maximum atomic E-state index is 12.5. The van der Waals surface area contributed by atoms with E-state index in [1.807, 2.05) is 19.6 Å². The number of Topliss-reactive ketones (excluding diaryl/α,β-unsaturated/α-hetero) is 1. The first-order chi connectivity index (χ1) is 64.2. The van der Waals surface area contributed by atoms with Crippen molar-refractivity contribution in [3.8, 4) is 0 Å². The molecule has 13 heterocycles. The number of carbonyl (C=O) groups excluding carboxylic acids is 9. The van der Waals surface area contributed by atoms with Crippen LogP contribution in [0.2, 0.25) is 0 Å². The van der Waals surface area contributed by atoms with Crippen molar-refractivity contribution in [2.24, 2.45) is 107 Å². The van der Waals surface area contributed by atoms with Crippen LogP contribution < -0.4 is 31.9 Å². The minimum atomic E-state index is -0.191. The molecule has 22 atom stereocenters. The molecule has 754 valence electrons. The maximum Gasteiger partial charge on any atom is 0.302 e. The summed E-state index contributed by atoms with van der Waals surface area (Å²) in [5.41, 5.74) is 0. The highest BCUT2D eigenvalue weighted by atomic mass is 16.6. The number of hydrogen-bond acceptors (Lipinski definition) is 26. The first-order valence-corrected chi connectivity index (χ1v) is 53.7. The van der Waals surface area contributed by atoms with Crippen molar-refractivity contribution in [1.29, 1.82) is 0 Å². The largest absolute Gasteiger partial charge is 0.462 e. The van der Waals surface area contributed by atoms with Crippen LogP contribution in [0.3, 0.4) is 0 Å². The number of rotatable bonds is 8. The first kappa shape index (κ1) is 104. The number of carbonyl (C=O) groups is 9. The van der Waals surface area contributed by atoms with Crippen LogP contribution in [-0.2, 0) is 62.1 Å². The third-order valence-electron chi connectivity index (χ3n) is 35.1. The van der Waals surface area contributed by atoms with Gasteiger partial charge in [0, 0.05) is 228 Å². The smallest absolute Gasteiger partial charge is 0.302 e. The molecule has 22 aliphatic rings. The van der Waals surface area contributed by atoms with Gasteiger partial charge in [-0.2, -0.15) is 0 Å². The summed E-state index contributed by atoms with van der Waals surface area (Å²) in [6.07, 6.45) is 40.5. The van der Waals surface area contributed by atoms with E-state index in [0.717, 1.165) is 260 Å². The standard InChI is InChI=1S/2C15H24N2O3.2C13H22N2O2.2C11H19NO2.C9H15NO.2C8H15NO/c2*1-10(18)20-14-11-4-2-5-12(14)9-17(8-11)15(19)13-6-3-7-16-13;2*16-12-9-3-1-4-10(12)8-15(7-9)13(17)11-5-2-6-14-11;2*1-8(13)14-11-9-4-3-5-10(11)7-12(2)6-9;1-10-5-7-3-2-4-8(6-10)9(7)11;2*10-8-6-2-1-3-7(8)5-9-4-6/h2*11-14,16H,2-9H2,1H3;2*9-12,14,16H,1-8H2;2*9-11H,3-7H2,1-2H3;7-8H,2-6H2,1H3;2*6-10H,1-5H2/t2*11?,12?,13-,14?;2*9?,10?,11-,12?;;;;;/m0000...../s1. The first-order valence-electron chi connectivity index (χ1n) is 53.7. The van der Waals surface area contributed by atoms with Gasteiger partial charge in [0.2, 0.25) is 23.6 Å². The van der Waals surface area contributed by atoms with Crippen LogP contribution >= 0.6 is 0 Å². The van der Waals surface area contributed by atoms with Gasteiger partial charge >= 0.3 is 23.9 Å². The van der Waals surface area contributed by atoms with E-state index in [0.29, 0.717) is 112 Å². The molecule has 9 saturated carbocycles. The van der Waals surface area contributed by atoms with Crippen molar-refractivity contribution in [2.45, 2.75) is 325 Å². The Morgan fingerprint density at radius 2 is 0.436 bits per heavy atom. The van der Waals surface area contributed by atoms with E-state index in [-0.39, 0.29) is 121 Å². The van der Waals surface area contributed by atoms with Gasteiger partial charge in [0.05, 0.1) is 48.6 Å². The van der Waals surface area contributed by atoms with Gasteiger partial charge in [-0.1, -0.05) is 57.8 Å². The van der Waals surface area contributed by atoms with Crippen molar-refractivity contribution in [2.75, 3.05) is 165 Å². The number of nitrogens with one attached hydrogen (secondary N) is 6. The Labute approximate surface area is 795 Å². The number of amides is 4. The molecule has 13 aliphatic heterocycles. The quantitative estimate of drug-likeness (QED) is 0.0883. The Hall–Kier alpha value is -5.09. The molecule has 0 radical (unpaired) electrons. The minimum absolute atomic E-state index is 0.00926. The topological polar surface area (TPSA) is 366 Å². The number of ketones is 1. The summed E-state index contributed by atoms with van der Waals surface area (Å²) in [6, 6.07) is 0.124. The van der Waals surface area contributed by atoms with Crippen LogP contribution in [0.15, 0.2) is 0 Å². The van der Waals surface area contributed by atoms with Gasteiger partial charge in [-0.3, -0.25) is 43.2 Å². The summed E-state index contributed by atoms with van der Waals surface area (Å²) < 4.78 is 21.9. The molecule has 0 aromatic heterocycles. The van der Waals surface area contributed by atoms with Gasteiger partial charge in [0.1, 0.15) is 30.2 Å². The fourth-order valence-corrected chi connectivity index (χ4v) is 28.5. The molecular formula is C103H175N13O17. The number of ether oxygens (including phenoxy) is 4. The van der Waals surface area contributed by atoms with Crippen molar-refractivity contribution in [3.05, 3.63) is 0 Å². The van der Waals surface area contributed by atoms with Gasteiger partial charge in [-0.25, -0.2) is 0 Å². The number of aliphatic hydroxyl groups is 4. The van der Waals surface area contributed by atoms with E-state index in [1.54, 1.807) is 0 Å². The van der Waals surface area contributed by atoms with Crippen LogP contribution in [0.1, 0.15) is 252 Å². The molecule has 30 heteroatoms. The summed E-state index contributed by atoms with van der Waals surface area (Å²) in [5.74, 6) is 8.94. The lowest BCUT2D eigenvalue weighted by molar-refractivity contribution is -0.165. The Kier molecular flexibility index (Phi) is 39.3. The van der Waals surface area contributed by atoms with Crippen LogP contribution in [0, 0.1) is 107 Å². The Morgan fingerprint density at radius 3 is 0.647 bits per heavy atom. The van der Waals surface area contributed by atoms with E-state index in [2.05, 4.69) is 67.7 Å². The Bertz CT molecular complexity index is 3360. The van der Waals surface area contributed by atoms with E-state index in [9.17, 15) is 63.6 Å². The van der Waals surface area contributed by atoms with Gasteiger partial charge < -0.3 is 106 Å². The second kappa shape index (κ2) is 50.3. The second-order valence-electron chi connectivity index (χ2n) is 45.1. The highest BCUT2D eigenvalue weighted by molar-refractivity contribution is 5.86. The summed E-state index contributed by atoms with van der Waals surface area (Å²) in [6.45, 7) is 26.5. The lowest BCUT2D eigenvalue weighted by Crippen LogP contribution is -2.57. The molecule has 10 N–H and O–H groups in total. The third-order valence-corrected chi connectivity index (χ3v) is 35.1. The summed E-state index contributed by atoms with van der Waals surface area (Å²) >= 11 is 0. The van der Waals surface area contributed by atoms with Gasteiger partial charge in [-0.15, -0.1) is 0 Å². The summed E-state index contributed by atoms with van der Waals surface area (Å²) in [5, 5.41) is 59.3. The number of esters is 4. The Morgan fingerprint density at radius 1 is 0.248 bits per heavy atom. The molecule has 22 fully saturated rings. The number of piperidine rings is 9. The molecule has 18 bridgehead atoms. The average Bonchev–Trinajstić information content (AvgIpc) is 1.75. The van der Waals surface area contributed by atoms with Crippen LogP contribution in [0.5, 0.6) is 0 Å². The average molecular weight is 1870 g/mol. The number of fused-ring (bicyclic) bond motifs is 18. The molecule has 9 aliphatic carbocycles. The number of likely N-dealkylation sites (tertiary alicyclic amines) is 7. The molecule has 0 aromatic rings. The molecule has 0 spiro atoms. The van der Waals surface area contributed by atoms with Crippen LogP contribution in [0.25, 0.3) is 0 Å². The highest BCUT2D eigenvalue weighted by Crippen LogP contribution is 2.44. The molecule has 133 heavy (non-hydrogen) atoms. The second-order valence-corrected chi connectivity index (χ2v) is 45.1. The van der Waals surface area contributed by atoms with E-state index < -0.39 is 0 Å². The molecule has 18 unspecified atom stereocenters. The number of nitrogens with zero attached hydrogens (tertiary/aromatic N) is 7. The number of hydrogen-bond donors (Lipinski definition) is 10. The highest BCUT2D eigenvalue weighted by Gasteiger charge is 2.50. The predicted octanol–water partition coefficient (Wildman–Crippen LogP) is 6.78. The van der Waals surface area contributed by atoms with Crippen molar-refractivity contribution in [3.63, 3.8) is 0 Å². The zero-order valence-corrected chi connectivity index (χ0v) is 82.4. The SMILES string of the molecule is CC(=O)OC1C2CCCC1CN(C(=O)[C@@H]1CCCN1)C2.CC(=O)OC1C2CCCC1CN(C(=O)[C@@H]1CCCN1)C2.CC(=O)OC1C2CCCC1CN(C)C2.CC(=O)OC1C2CCCC1CN(C)C2.CN1CC2CCCC(C1)C2=O.O=C([C@@H]1CCCN1)N1CC2CCCC(C1)C2O.O=C([C@@H]1CCCN1)N1CC2CCCC(C1)C2O.OC1C2CCCC1CNC2.OC1C2CCCC1CNC2. The zero-order chi connectivity index (χ0) is 93.9. The van der Waals surface area contributed by atoms with Crippen molar-refractivity contribution < 1.29 is 82.5 Å². The van der Waals surface area contributed by atoms with E-state index >= 15 is 0 Å². The third kappa shape index (κ3) is 28.2. The summed E-state index contributed by atoms with van der Waals surface area (Å²) in [7, 11) is 6.45. The van der Waals surface area contributed by atoms with Gasteiger partial charge in [0.25, 0.3) is 0 Å². The molecule has 13 saturated heterocycles. The van der Waals surface area contributed by atoms with E-state index in [4.69, 9.17) is 18.9 Å². The molecular weight excluding hydrogens is 1690 g/mol. The number of aliphatic hydroxyl groups excluding tert-OH is 4. The molecule has 0 aromatic carbocycles.